The SMILES string of the molecule is CC(CN1C[C@H]2CC(Oc3c(F)cccc3F)C[C@H]2C1)c1ccc(O)cc1. The number of benzene rings is 2. The van der Waals surface area contributed by atoms with E-state index >= 15 is 0 Å². The summed E-state index contributed by atoms with van der Waals surface area (Å²) in [6.07, 6.45) is 1.59. The maximum absolute atomic E-state index is 13.8. The lowest BCUT2D eigenvalue weighted by Crippen LogP contribution is -2.28. The molecule has 2 fully saturated rings. The number of hydrogen-bond acceptors (Lipinski definition) is 3. The van der Waals surface area contributed by atoms with Crippen molar-refractivity contribution >= 4 is 0 Å². The van der Waals surface area contributed by atoms with Gasteiger partial charge in [0.15, 0.2) is 17.4 Å². The summed E-state index contributed by atoms with van der Waals surface area (Å²) in [7, 11) is 0. The fourth-order valence-electron chi connectivity index (χ4n) is 4.64. The molecule has 1 saturated heterocycles. The van der Waals surface area contributed by atoms with Gasteiger partial charge >= 0.3 is 0 Å². The number of likely N-dealkylation sites (tertiary alicyclic amines) is 1. The summed E-state index contributed by atoms with van der Waals surface area (Å²) in [5, 5.41) is 9.43. The normalized spacial score (nSPS) is 26.1. The van der Waals surface area contributed by atoms with Crippen LogP contribution in [0.25, 0.3) is 0 Å². The van der Waals surface area contributed by atoms with E-state index in [1.54, 1.807) is 12.1 Å². The van der Waals surface area contributed by atoms with Crippen LogP contribution in [-0.2, 0) is 0 Å². The number of hydrogen-bond donors (Lipinski definition) is 1. The zero-order valence-electron chi connectivity index (χ0n) is 15.4. The van der Waals surface area contributed by atoms with Gasteiger partial charge in [0, 0.05) is 19.6 Å². The lowest BCUT2D eigenvalue weighted by Gasteiger charge is -2.23. The summed E-state index contributed by atoms with van der Waals surface area (Å²) in [5.74, 6) is 0.241. The Morgan fingerprint density at radius 3 is 2.22 bits per heavy atom. The molecule has 0 spiro atoms. The average Bonchev–Trinajstić information content (AvgIpc) is 3.16. The Kier molecular flexibility index (Phi) is 5.04. The van der Waals surface area contributed by atoms with Gasteiger partial charge in [-0.15, -0.1) is 0 Å². The second kappa shape index (κ2) is 7.47. The minimum Gasteiger partial charge on any atom is -0.508 e. The molecule has 4 atom stereocenters. The second-order valence-corrected chi connectivity index (χ2v) is 7.99. The van der Waals surface area contributed by atoms with Crippen LogP contribution in [0.15, 0.2) is 42.5 Å². The number of nitrogens with zero attached hydrogens (tertiary/aromatic N) is 1. The molecule has 144 valence electrons. The van der Waals surface area contributed by atoms with E-state index in [0.29, 0.717) is 23.5 Å². The Balaban J connectivity index is 1.31. The largest absolute Gasteiger partial charge is 0.508 e. The summed E-state index contributed by atoms with van der Waals surface area (Å²) in [5.41, 5.74) is 1.22. The summed E-state index contributed by atoms with van der Waals surface area (Å²) >= 11 is 0. The van der Waals surface area contributed by atoms with Crippen LogP contribution in [0, 0.1) is 23.5 Å². The molecule has 1 N–H and O–H groups in total. The van der Waals surface area contributed by atoms with Crippen molar-refractivity contribution in [2.24, 2.45) is 11.8 Å². The third-order valence-corrected chi connectivity index (χ3v) is 5.98. The topological polar surface area (TPSA) is 32.7 Å². The van der Waals surface area contributed by atoms with E-state index in [1.165, 1.54) is 23.8 Å². The quantitative estimate of drug-likeness (QED) is 0.834. The molecule has 0 radical (unpaired) electrons. The molecule has 2 unspecified atom stereocenters. The first-order valence-corrected chi connectivity index (χ1v) is 9.61. The van der Waals surface area contributed by atoms with E-state index in [4.69, 9.17) is 4.74 Å². The lowest BCUT2D eigenvalue weighted by molar-refractivity contribution is 0.170. The van der Waals surface area contributed by atoms with Gasteiger partial charge in [0.05, 0.1) is 6.10 Å². The Hall–Kier alpha value is -2.14. The highest BCUT2D eigenvalue weighted by Crippen LogP contribution is 2.41. The van der Waals surface area contributed by atoms with Gasteiger partial charge in [-0.2, -0.15) is 0 Å². The van der Waals surface area contributed by atoms with E-state index in [1.807, 2.05) is 12.1 Å². The molecule has 3 nitrogen and oxygen atoms in total. The first-order chi connectivity index (χ1) is 13.0. The Labute approximate surface area is 158 Å². The van der Waals surface area contributed by atoms with Crippen LogP contribution in [-0.4, -0.2) is 35.7 Å². The zero-order chi connectivity index (χ0) is 19.0. The van der Waals surface area contributed by atoms with Crippen LogP contribution >= 0.6 is 0 Å². The molecule has 1 aliphatic heterocycles. The number of ether oxygens (including phenoxy) is 1. The van der Waals surface area contributed by atoms with Crippen LogP contribution in [0.4, 0.5) is 8.78 Å². The second-order valence-electron chi connectivity index (χ2n) is 7.99. The highest BCUT2D eigenvalue weighted by Gasteiger charge is 2.42. The van der Waals surface area contributed by atoms with Gasteiger partial charge in [-0.1, -0.05) is 25.1 Å². The van der Waals surface area contributed by atoms with Crippen molar-refractivity contribution in [3.8, 4) is 11.5 Å². The molecule has 2 aromatic rings. The fraction of sp³-hybridized carbons (Fsp3) is 0.455. The first kappa shape index (κ1) is 18.2. The average molecular weight is 373 g/mol. The smallest absolute Gasteiger partial charge is 0.191 e. The third kappa shape index (κ3) is 3.93. The highest BCUT2D eigenvalue weighted by atomic mass is 19.1. The minimum absolute atomic E-state index is 0.108. The molecule has 0 amide bonds. The number of para-hydroxylation sites is 1. The molecular weight excluding hydrogens is 348 g/mol. The minimum atomic E-state index is -0.628. The van der Waals surface area contributed by atoms with Crippen molar-refractivity contribution in [2.75, 3.05) is 19.6 Å². The maximum Gasteiger partial charge on any atom is 0.191 e. The van der Waals surface area contributed by atoms with Gasteiger partial charge in [-0.3, -0.25) is 0 Å². The molecule has 1 aliphatic carbocycles. The summed E-state index contributed by atoms with van der Waals surface area (Å²) in [6.45, 7) is 5.19. The van der Waals surface area contributed by atoms with E-state index in [9.17, 15) is 13.9 Å². The number of aromatic hydroxyl groups is 1. The van der Waals surface area contributed by atoms with Gasteiger partial charge in [-0.05, 0) is 60.4 Å². The van der Waals surface area contributed by atoms with Crippen molar-refractivity contribution in [3.63, 3.8) is 0 Å². The third-order valence-electron chi connectivity index (χ3n) is 5.98. The van der Waals surface area contributed by atoms with Gasteiger partial charge in [0.25, 0.3) is 0 Å². The number of phenols is 1. The van der Waals surface area contributed by atoms with Gasteiger partial charge in [-0.25, -0.2) is 8.78 Å². The molecule has 1 saturated carbocycles. The Morgan fingerprint density at radius 1 is 1.04 bits per heavy atom. The fourth-order valence-corrected chi connectivity index (χ4v) is 4.64. The highest BCUT2D eigenvalue weighted by molar-refractivity contribution is 5.28. The van der Waals surface area contributed by atoms with E-state index in [-0.39, 0.29) is 11.9 Å². The van der Waals surface area contributed by atoms with Crippen molar-refractivity contribution in [1.82, 2.24) is 4.90 Å². The molecule has 1 heterocycles. The molecule has 0 bridgehead atoms. The van der Waals surface area contributed by atoms with Crippen LogP contribution in [0.3, 0.4) is 0 Å². The predicted octanol–water partition coefficient (Wildman–Crippen LogP) is 4.56. The summed E-state index contributed by atoms with van der Waals surface area (Å²) in [4.78, 5) is 2.48. The summed E-state index contributed by atoms with van der Waals surface area (Å²) < 4.78 is 33.3. The molecule has 0 aromatic heterocycles. The van der Waals surface area contributed by atoms with Crippen LogP contribution in [0.2, 0.25) is 0 Å². The Morgan fingerprint density at radius 2 is 1.63 bits per heavy atom. The van der Waals surface area contributed by atoms with Crippen LogP contribution in [0.5, 0.6) is 11.5 Å². The zero-order valence-corrected chi connectivity index (χ0v) is 15.4. The number of halogens is 2. The molecule has 4 rings (SSSR count). The number of fused-ring (bicyclic) bond motifs is 1. The monoisotopic (exact) mass is 373 g/mol. The van der Waals surface area contributed by atoms with Crippen molar-refractivity contribution in [1.29, 1.82) is 0 Å². The van der Waals surface area contributed by atoms with E-state index in [2.05, 4.69) is 11.8 Å². The van der Waals surface area contributed by atoms with Gasteiger partial charge < -0.3 is 14.7 Å². The molecule has 2 aliphatic rings. The Bertz CT molecular complexity index is 761. The molecule has 5 heteroatoms. The van der Waals surface area contributed by atoms with Gasteiger partial charge in [0.1, 0.15) is 5.75 Å². The van der Waals surface area contributed by atoms with Crippen LogP contribution in [0.1, 0.15) is 31.2 Å². The number of phenolic OH excluding ortho intramolecular Hbond substituents is 1. The molecular formula is C22H25F2NO2. The predicted molar refractivity (Wildman–Crippen MR) is 99.9 cm³/mol. The molecule has 2 aromatic carbocycles. The van der Waals surface area contributed by atoms with E-state index in [0.717, 1.165) is 32.5 Å². The standard InChI is InChI=1S/C22H25F2NO2/c1-14(15-5-7-18(26)8-6-15)11-25-12-16-9-19(10-17(16)13-25)27-22-20(23)3-2-4-21(22)24/h2-8,14,16-17,19,26H,9-13H2,1H3/t14?,16-,17+,19?. The van der Waals surface area contributed by atoms with Gasteiger partial charge in [0.2, 0.25) is 0 Å². The van der Waals surface area contributed by atoms with E-state index < -0.39 is 11.6 Å². The first-order valence-electron chi connectivity index (χ1n) is 9.61. The van der Waals surface area contributed by atoms with Crippen LogP contribution < -0.4 is 4.74 Å². The summed E-state index contributed by atoms with van der Waals surface area (Å²) in [6, 6.07) is 11.2. The van der Waals surface area contributed by atoms with Crippen molar-refractivity contribution in [3.05, 3.63) is 59.7 Å². The van der Waals surface area contributed by atoms with Crippen molar-refractivity contribution < 1.29 is 18.6 Å². The lowest BCUT2D eigenvalue weighted by atomic mass is 10.0. The maximum atomic E-state index is 13.8. The van der Waals surface area contributed by atoms with Crippen molar-refractivity contribution in [2.45, 2.75) is 31.8 Å². The molecule has 27 heavy (non-hydrogen) atoms. The number of rotatable bonds is 5.